The molecule has 0 spiro atoms. The molecule has 8 aromatic rings. The molecule has 0 aliphatic heterocycles. The van der Waals surface area contributed by atoms with Gasteiger partial charge in [0.1, 0.15) is 11.6 Å². The highest BCUT2D eigenvalue weighted by Crippen LogP contribution is 2.47. The molecule has 6 aromatic carbocycles. The van der Waals surface area contributed by atoms with E-state index in [1.165, 1.54) is 24.3 Å². The Bertz CT molecular complexity index is 2860. The van der Waals surface area contributed by atoms with E-state index >= 15 is 22.0 Å². The third-order valence-electron chi connectivity index (χ3n) is 12.1. The number of nitrogens with zero attached hydrogens (tertiary/aromatic N) is 2. The van der Waals surface area contributed by atoms with Crippen molar-refractivity contribution in [1.82, 2.24) is 9.13 Å². The molecule has 8 rings (SSSR count). The molecule has 2 aromatic heterocycles. The first-order valence-electron chi connectivity index (χ1n) is 20.6. The third-order valence-corrected chi connectivity index (χ3v) is 12.1. The van der Waals surface area contributed by atoms with Crippen molar-refractivity contribution in [2.75, 3.05) is 0 Å². The summed E-state index contributed by atoms with van der Waals surface area (Å²) < 4.78 is 82.2. The van der Waals surface area contributed by atoms with Crippen LogP contribution in [0, 0.1) is 11.6 Å². The van der Waals surface area contributed by atoms with E-state index in [-0.39, 0.29) is 44.2 Å². The highest BCUT2D eigenvalue weighted by Gasteiger charge is 2.37. The van der Waals surface area contributed by atoms with Gasteiger partial charge in [0.25, 0.3) is 0 Å². The van der Waals surface area contributed by atoms with Crippen LogP contribution < -0.4 is 0 Å². The molecule has 0 fully saturated rings. The normalized spacial score (nSPS) is 13.4. The summed E-state index contributed by atoms with van der Waals surface area (Å²) in [5, 5.41) is 3.41. The van der Waals surface area contributed by atoms with Crippen molar-refractivity contribution in [2.45, 2.75) is 111 Å². The summed E-state index contributed by atoms with van der Waals surface area (Å²) in [5.74, 6) is -1.66. The number of rotatable bonds is 3. The predicted molar refractivity (Wildman–Crippen MR) is 240 cm³/mol. The second-order valence-electron chi connectivity index (χ2n) is 20.6. The van der Waals surface area contributed by atoms with Gasteiger partial charge in [0.15, 0.2) is 0 Å². The summed E-state index contributed by atoms with van der Waals surface area (Å²) in [6.45, 7) is 25.4. The minimum atomic E-state index is -4.83. The molecule has 60 heavy (non-hydrogen) atoms. The van der Waals surface area contributed by atoms with Crippen LogP contribution in [0.3, 0.4) is 0 Å². The van der Waals surface area contributed by atoms with E-state index in [4.69, 9.17) is 0 Å². The zero-order chi connectivity index (χ0) is 43.6. The highest BCUT2D eigenvalue weighted by molar-refractivity contribution is 6.12. The zero-order valence-corrected chi connectivity index (χ0v) is 36.6. The van der Waals surface area contributed by atoms with Crippen LogP contribution in [0.15, 0.2) is 103 Å². The molecule has 0 aliphatic carbocycles. The van der Waals surface area contributed by atoms with Crippen LogP contribution in [-0.2, 0) is 27.8 Å². The van der Waals surface area contributed by atoms with Crippen molar-refractivity contribution in [3.05, 3.63) is 143 Å². The molecule has 7 heteroatoms. The van der Waals surface area contributed by atoms with Crippen LogP contribution in [0.5, 0.6) is 0 Å². The lowest BCUT2D eigenvalue weighted by atomic mass is 9.85. The summed E-state index contributed by atoms with van der Waals surface area (Å²) in [4.78, 5) is 0. The van der Waals surface area contributed by atoms with E-state index in [0.717, 1.165) is 49.9 Å². The van der Waals surface area contributed by atoms with E-state index < -0.39 is 23.4 Å². The first-order valence-corrected chi connectivity index (χ1v) is 20.6. The summed E-state index contributed by atoms with van der Waals surface area (Å²) >= 11 is 0. The fourth-order valence-corrected chi connectivity index (χ4v) is 8.55. The van der Waals surface area contributed by atoms with Gasteiger partial charge >= 0.3 is 6.18 Å². The van der Waals surface area contributed by atoms with E-state index in [1.54, 1.807) is 4.57 Å². The number of hydrogen-bond donors (Lipinski definition) is 0. The number of fused-ring (bicyclic) bond motifs is 6. The van der Waals surface area contributed by atoms with Crippen molar-refractivity contribution in [3.8, 4) is 22.5 Å². The Morgan fingerprint density at radius 3 is 0.983 bits per heavy atom. The van der Waals surface area contributed by atoms with Crippen molar-refractivity contribution in [1.29, 1.82) is 0 Å². The fraction of sp³-hybridized carbons (Fsp3) is 0.321. The average molecular weight is 813 g/mol. The third kappa shape index (κ3) is 7.08. The van der Waals surface area contributed by atoms with Crippen molar-refractivity contribution in [2.24, 2.45) is 0 Å². The molecular weight excluding hydrogens is 760 g/mol. The first-order chi connectivity index (χ1) is 27.7. The summed E-state index contributed by atoms with van der Waals surface area (Å²) in [7, 11) is 0. The van der Waals surface area contributed by atoms with Gasteiger partial charge in [0.05, 0.1) is 39.0 Å². The Balaban J connectivity index is 1.56. The Morgan fingerprint density at radius 2 is 0.683 bits per heavy atom. The van der Waals surface area contributed by atoms with Crippen LogP contribution in [0.1, 0.15) is 111 Å². The highest BCUT2D eigenvalue weighted by atomic mass is 19.4. The van der Waals surface area contributed by atoms with Gasteiger partial charge < -0.3 is 9.13 Å². The van der Waals surface area contributed by atoms with Crippen LogP contribution in [0.2, 0.25) is 0 Å². The van der Waals surface area contributed by atoms with Crippen LogP contribution in [0.4, 0.5) is 22.0 Å². The number of halogens is 5. The molecule has 2 nitrogen and oxygen atoms in total. The van der Waals surface area contributed by atoms with E-state index in [1.807, 2.05) is 53.1 Å². The number of aromatic nitrogens is 2. The summed E-state index contributed by atoms with van der Waals surface area (Å²) in [6, 6.07) is 29.9. The number of benzene rings is 6. The van der Waals surface area contributed by atoms with Crippen LogP contribution in [0.25, 0.3) is 66.1 Å². The van der Waals surface area contributed by atoms with E-state index in [9.17, 15) is 0 Å². The second kappa shape index (κ2) is 13.5. The van der Waals surface area contributed by atoms with Gasteiger partial charge in [-0.25, -0.2) is 8.78 Å². The second-order valence-corrected chi connectivity index (χ2v) is 20.6. The molecule has 0 atom stereocenters. The van der Waals surface area contributed by atoms with Crippen molar-refractivity contribution in [3.63, 3.8) is 0 Å². The minimum absolute atomic E-state index is 0.121. The quantitative estimate of drug-likeness (QED) is 0.157. The molecular formula is C53H53F5N2. The van der Waals surface area contributed by atoms with Crippen LogP contribution >= 0.6 is 0 Å². The minimum Gasteiger partial charge on any atom is -0.309 e. The van der Waals surface area contributed by atoms with Gasteiger partial charge in [-0.1, -0.05) is 107 Å². The van der Waals surface area contributed by atoms with Crippen molar-refractivity contribution < 1.29 is 22.0 Å². The van der Waals surface area contributed by atoms with E-state index in [0.29, 0.717) is 22.1 Å². The molecule has 0 aliphatic rings. The average Bonchev–Trinajstić information content (AvgIpc) is 3.63. The number of hydrogen-bond acceptors (Lipinski definition) is 0. The lowest BCUT2D eigenvalue weighted by Crippen LogP contribution is -2.14. The van der Waals surface area contributed by atoms with Gasteiger partial charge in [0, 0.05) is 33.2 Å². The predicted octanol–water partition coefficient (Wildman–Crippen LogP) is 16.0. The molecule has 0 N–H and O–H groups in total. The monoisotopic (exact) mass is 812 g/mol. The standard InChI is InChI=1S/C53H53F5N2/c1-49(2,3)31-13-17-43-38(23-31)39-24-32(50(4,5)6)14-18-44(39)59(43)47-29-42(53(56,57)58)48(28-37(47)30-21-35(54)27-36(55)22-30)60-45-19-15-33(51(7,8)9)25-40(45)41-26-34(52(10,11)12)16-20-46(41)60/h13-29H,1-12H3. The van der Waals surface area contributed by atoms with Gasteiger partial charge in [-0.15, -0.1) is 0 Å². The van der Waals surface area contributed by atoms with Crippen LogP contribution in [-0.4, -0.2) is 9.13 Å². The Labute approximate surface area is 349 Å². The molecule has 0 bridgehead atoms. The topological polar surface area (TPSA) is 9.86 Å². The maximum Gasteiger partial charge on any atom is 0.418 e. The molecule has 0 saturated carbocycles. The van der Waals surface area contributed by atoms with Crippen molar-refractivity contribution >= 4 is 43.6 Å². The summed E-state index contributed by atoms with van der Waals surface area (Å²) in [6.07, 6.45) is -4.83. The fourth-order valence-electron chi connectivity index (χ4n) is 8.55. The SMILES string of the molecule is CC(C)(C)c1ccc2c(c1)c1cc(C(C)(C)C)ccc1n2-c1cc(C(F)(F)F)c(-n2c3ccc(C(C)(C)C)cc3c3cc(C(C)(C)C)ccc32)cc1-c1cc(F)cc(F)c1. The molecule has 0 saturated heterocycles. The lowest BCUT2D eigenvalue weighted by molar-refractivity contribution is -0.137. The molecule has 310 valence electrons. The zero-order valence-electron chi connectivity index (χ0n) is 36.6. The lowest BCUT2D eigenvalue weighted by Gasteiger charge is -2.23. The Morgan fingerprint density at radius 1 is 0.367 bits per heavy atom. The Hall–Kier alpha value is -5.43. The van der Waals surface area contributed by atoms with Gasteiger partial charge in [0.2, 0.25) is 0 Å². The molecule has 0 radical (unpaired) electrons. The van der Waals surface area contributed by atoms with Gasteiger partial charge in [-0.3, -0.25) is 0 Å². The molecule has 0 unspecified atom stereocenters. The summed E-state index contributed by atoms with van der Waals surface area (Å²) in [5.41, 5.74) is 5.49. The molecule has 0 amide bonds. The van der Waals surface area contributed by atoms with Gasteiger partial charge in [-0.05, 0) is 122 Å². The number of alkyl halides is 3. The smallest absolute Gasteiger partial charge is 0.309 e. The molecule has 2 heterocycles. The maximum atomic E-state index is 16.0. The van der Waals surface area contributed by atoms with E-state index in [2.05, 4.69) is 107 Å². The first kappa shape index (κ1) is 41.3. The maximum absolute atomic E-state index is 16.0. The largest absolute Gasteiger partial charge is 0.418 e. The van der Waals surface area contributed by atoms with Gasteiger partial charge in [-0.2, -0.15) is 13.2 Å². The Kier molecular flexibility index (Phi) is 9.32.